The number of nitrogens with one attached hydrogen (secondary N) is 2. The van der Waals surface area contributed by atoms with Crippen LogP contribution in [-0.4, -0.2) is 33.9 Å². The molecule has 2 amide bonds. The predicted octanol–water partition coefficient (Wildman–Crippen LogP) is 5.27. The number of carbonyl (C=O) groups excluding carboxylic acids is 2. The maximum atomic E-state index is 12.3. The summed E-state index contributed by atoms with van der Waals surface area (Å²) < 4.78 is 5.65. The normalized spacial score (nSPS) is 12.0. The van der Waals surface area contributed by atoms with Crippen molar-refractivity contribution in [1.82, 2.24) is 4.98 Å². The van der Waals surface area contributed by atoms with Crippen LogP contribution < -0.4 is 10.6 Å². The number of anilines is 2. The number of isocyanates is 1. The molecule has 0 spiro atoms. The molecule has 0 bridgehead atoms. The van der Waals surface area contributed by atoms with E-state index in [0.717, 1.165) is 16.7 Å². The molecule has 9 nitrogen and oxygen atoms in total. The van der Waals surface area contributed by atoms with Gasteiger partial charge in [0, 0.05) is 30.2 Å². The van der Waals surface area contributed by atoms with Gasteiger partial charge in [-0.25, -0.2) is 14.4 Å². The van der Waals surface area contributed by atoms with Gasteiger partial charge in [-0.05, 0) is 46.5 Å². The molecule has 3 aromatic carbocycles. The number of aromatic nitrogens is 1. The number of aliphatic imine (C=N–C) groups is 1. The minimum atomic E-state index is -2.11. The molecule has 0 saturated carbocycles. The number of nitrogens with zero attached hydrogens (tertiary/aromatic N) is 2. The number of carbonyl (C=O) groups is 2. The molecular formula is C29H24N4O5. The Bertz CT molecular complexity index is 1440. The van der Waals surface area contributed by atoms with Gasteiger partial charge in [0.05, 0.1) is 6.61 Å². The number of hydrogen-bond donors (Lipinski definition) is 3. The fraction of sp³-hybridized carbons (Fsp3) is 0.103. The first-order valence-electron chi connectivity index (χ1n) is 11.7. The smallest absolute Gasteiger partial charge is 0.360 e. The van der Waals surface area contributed by atoms with Crippen LogP contribution in [0.4, 0.5) is 16.2 Å². The lowest BCUT2D eigenvalue weighted by atomic mass is 9.98. The average molecular weight is 509 g/mol. The zero-order valence-electron chi connectivity index (χ0n) is 20.2. The third-order valence-electron chi connectivity index (χ3n) is 5.67. The number of benzene rings is 3. The standard InChI is InChI=1S/C29H24N4O5/c34-20-31-29(27(35)36,38-19-22-5-2-1-3-6-22)18-21-9-11-23(12-10-21)24-7-4-8-26(17-24)33-28(37)32-25-13-15-30-16-14-25/h1-17H,18-19H2,(H,35,36)(H2,30,32,33,37)/t29-/m0/s1. The summed E-state index contributed by atoms with van der Waals surface area (Å²) in [7, 11) is 0. The quantitative estimate of drug-likeness (QED) is 0.198. The van der Waals surface area contributed by atoms with Gasteiger partial charge in [-0.2, -0.15) is 4.99 Å². The van der Waals surface area contributed by atoms with E-state index in [1.54, 1.807) is 67.0 Å². The number of ether oxygens (including phenoxy) is 1. The zero-order chi connectivity index (χ0) is 26.8. The van der Waals surface area contributed by atoms with Gasteiger partial charge in [-0.3, -0.25) is 4.98 Å². The number of carboxylic acid groups (broad SMARTS) is 1. The SMILES string of the molecule is O=C=N[C@@](Cc1ccc(-c2cccc(NC(=O)Nc3ccncc3)c2)cc1)(OCc1ccccc1)C(=O)O. The van der Waals surface area contributed by atoms with Crippen LogP contribution in [0.1, 0.15) is 11.1 Å². The van der Waals surface area contributed by atoms with Gasteiger partial charge in [0.15, 0.2) is 0 Å². The van der Waals surface area contributed by atoms with Gasteiger partial charge < -0.3 is 20.5 Å². The van der Waals surface area contributed by atoms with E-state index in [4.69, 9.17) is 4.74 Å². The van der Waals surface area contributed by atoms with Crippen LogP contribution in [0.2, 0.25) is 0 Å². The van der Waals surface area contributed by atoms with Gasteiger partial charge in [0.25, 0.3) is 5.72 Å². The summed E-state index contributed by atoms with van der Waals surface area (Å²) in [6.45, 7) is -0.0368. The molecule has 38 heavy (non-hydrogen) atoms. The number of hydrogen-bond acceptors (Lipinski definition) is 6. The summed E-state index contributed by atoms with van der Waals surface area (Å²) in [5.41, 5.74) is 2.15. The number of carboxylic acids is 1. The van der Waals surface area contributed by atoms with Gasteiger partial charge in [-0.1, -0.05) is 66.7 Å². The lowest BCUT2D eigenvalue weighted by Crippen LogP contribution is -2.41. The van der Waals surface area contributed by atoms with Gasteiger partial charge >= 0.3 is 12.0 Å². The fourth-order valence-electron chi connectivity index (χ4n) is 3.76. The van der Waals surface area contributed by atoms with Crippen LogP contribution in [0.5, 0.6) is 0 Å². The van der Waals surface area contributed by atoms with Crippen molar-refractivity contribution in [1.29, 1.82) is 0 Å². The Morgan fingerprint density at radius 1 is 0.842 bits per heavy atom. The Morgan fingerprint density at radius 2 is 1.55 bits per heavy atom. The first-order valence-corrected chi connectivity index (χ1v) is 11.7. The highest BCUT2D eigenvalue weighted by Crippen LogP contribution is 2.26. The van der Waals surface area contributed by atoms with E-state index in [0.29, 0.717) is 16.9 Å². The minimum absolute atomic E-state index is 0.0368. The van der Waals surface area contributed by atoms with Crippen LogP contribution in [0.15, 0.2) is 108 Å². The molecular weight excluding hydrogens is 484 g/mol. The van der Waals surface area contributed by atoms with Crippen LogP contribution in [-0.2, 0) is 27.4 Å². The van der Waals surface area contributed by atoms with E-state index in [2.05, 4.69) is 20.6 Å². The summed E-state index contributed by atoms with van der Waals surface area (Å²) in [5, 5.41) is 15.4. The third-order valence-corrected chi connectivity index (χ3v) is 5.67. The molecule has 1 atom stereocenters. The Morgan fingerprint density at radius 3 is 2.24 bits per heavy atom. The molecule has 0 fully saturated rings. The van der Waals surface area contributed by atoms with Crippen molar-refractivity contribution in [3.8, 4) is 11.1 Å². The Hall–Kier alpha value is -5.11. The third kappa shape index (κ3) is 6.76. The van der Waals surface area contributed by atoms with E-state index in [9.17, 15) is 19.5 Å². The second kappa shape index (κ2) is 12.2. The number of pyridine rings is 1. The number of rotatable bonds is 10. The molecule has 4 aromatic rings. The molecule has 0 unspecified atom stereocenters. The molecule has 1 heterocycles. The molecule has 0 saturated heterocycles. The van der Waals surface area contributed by atoms with Crippen LogP contribution in [0.25, 0.3) is 11.1 Å². The lowest BCUT2D eigenvalue weighted by Gasteiger charge is -2.24. The van der Waals surface area contributed by atoms with E-state index >= 15 is 0 Å². The Balaban J connectivity index is 1.47. The fourth-order valence-corrected chi connectivity index (χ4v) is 3.76. The van der Waals surface area contributed by atoms with E-state index in [1.165, 1.54) is 6.08 Å². The first-order chi connectivity index (χ1) is 18.5. The van der Waals surface area contributed by atoms with Gasteiger partial charge in [0.2, 0.25) is 6.08 Å². The minimum Gasteiger partial charge on any atom is -0.478 e. The first kappa shape index (κ1) is 26.0. The molecule has 0 aliphatic rings. The van der Waals surface area contributed by atoms with Gasteiger partial charge in [-0.15, -0.1) is 0 Å². The highest BCUT2D eigenvalue weighted by molar-refractivity contribution is 6.00. The largest absolute Gasteiger partial charge is 0.478 e. The number of aliphatic carboxylic acids is 1. The highest BCUT2D eigenvalue weighted by Gasteiger charge is 2.40. The molecule has 9 heteroatoms. The molecule has 0 aliphatic heterocycles. The van der Waals surface area contributed by atoms with Crippen molar-refractivity contribution in [2.45, 2.75) is 18.8 Å². The van der Waals surface area contributed by atoms with Gasteiger partial charge in [0.1, 0.15) is 0 Å². The Labute approximate surface area is 218 Å². The molecule has 0 aliphatic carbocycles. The van der Waals surface area contributed by atoms with Crippen molar-refractivity contribution >= 4 is 29.5 Å². The maximum Gasteiger partial charge on any atom is 0.360 e. The van der Waals surface area contributed by atoms with Crippen molar-refractivity contribution < 1.29 is 24.2 Å². The Kier molecular flexibility index (Phi) is 8.35. The van der Waals surface area contributed by atoms with E-state index in [-0.39, 0.29) is 19.1 Å². The van der Waals surface area contributed by atoms with Crippen LogP contribution >= 0.6 is 0 Å². The number of amides is 2. The summed E-state index contributed by atoms with van der Waals surface area (Å²) in [6, 6.07) is 26.4. The average Bonchev–Trinajstić information content (AvgIpc) is 2.93. The highest BCUT2D eigenvalue weighted by atomic mass is 16.5. The molecule has 3 N–H and O–H groups in total. The summed E-state index contributed by atoms with van der Waals surface area (Å²) >= 11 is 0. The van der Waals surface area contributed by atoms with E-state index < -0.39 is 11.7 Å². The summed E-state index contributed by atoms with van der Waals surface area (Å²) in [6.07, 6.45) is 4.35. The van der Waals surface area contributed by atoms with Crippen molar-refractivity contribution in [3.05, 3.63) is 115 Å². The molecule has 4 rings (SSSR count). The van der Waals surface area contributed by atoms with Crippen molar-refractivity contribution in [2.75, 3.05) is 10.6 Å². The molecule has 1 aromatic heterocycles. The lowest BCUT2D eigenvalue weighted by molar-refractivity contribution is -0.166. The van der Waals surface area contributed by atoms with Crippen LogP contribution in [0.3, 0.4) is 0 Å². The topological polar surface area (TPSA) is 130 Å². The maximum absolute atomic E-state index is 12.3. The second-order valence-electron chi connectivity index (χ2n) is 8.34. The summed E-state index contributed by atoms with van der Waals surface area (Å²) in [5.74, 6) is -1.38. The molecule has 190 valence electrons. The second-order valence-corrected chi connectivity index (χ2v) is 8.34. The predicted molar refractivity (Wildman–Crippen MR) is 142 cm³/mol. The van der Waals surface area contributed by atoms with E-state index in [1.807, 2.05) is 36.4 Å². The monoisotopic (exact) mass is 508 g/mol. The van der Waals surface area contributed by atoms with Crippen molar-refractivity contribution in [2.24, 2.45) is 4.99 Å². The van der Waals surface area contributed by atoms with Crippen molar-refractivity contribution in [3.63, 3.8) is 0 Å². The van der Waals surface area contributed by atoms with Crippen LogP contribution in [0, 0.1) is 0 Å². The zero-order valence-corrected chi connectivity index (χ0v) is 20.2. The molecule has 0 radical (unpaired) electrons. The number of urea groups is 1. The summed E-state index contributed by atoms with van der Waals surface area (Å²) in [4.78, 5) is 43.0.